The summed E-state index contributed by atoms with van der Waals surface area (Å²) >= 11 is 5.86. The second-order valence-electron chi connectivity index (χ2n) is 5.43. The molecule has 0 unspecified atom stereocenters. The van der Waals surface area contributed by atoms with E-state index in [1.54, 1.807) is 18.3 Å². The van der Waals surface area contributed by atoms with Gasteiger partial charge in [0.25, 0.3) is 0 Å². The highest BCUT2D eigenvalue weighted by atomic mass is 35.5. The minimum absolute atomic E-state index is 0.260. The van der Waals surface area contributed by atoms with Gasteiger partial charge >= 0.3 is 0 Å². The van der Waals surface area contributed by atoms with Crippen LogP contribution in [0.4, 0.5) is 5.95 Å². The quantitative estimate of drug-likeness (QED) is 0.858. The Morgan fingerprint density at radius 3 is 2.43 bits per heavy atom. The smallest absolute Gasteiger partial charge is 0.223 e. The van der Waals surface area contributed by atoms with Crippen molar-refractivity contribution in [3.05, 3.63) is 29.2 Å². The third kappa shape index (κ3) is 3.47. The largest absolute Gasteiger partial charge is 0.368 e. The zero-order valence-electron chi connectivity index (χ0n) is 11.8. The first-order chi connectivity index (χ1) is 10.2. The summed E-state index contributed by atoms with van der Waals surface area (Å²) in [6, 6.07) is 3.57. The fourth-order valence-corrected chi connectivity index (χ4v) is 2.86. The molecule has 21 heavy (non-hydrogen) atoms. The Morgan fingerprint density at radius 2 is 1.76 bits per heavy atom. The zero-order valence-corrected chi connectivity index (χ0v) is 12.6. The van der Waals surface area contributed by atoms with E-state index in [2.05, 4.69) is 19.9 Å². The fraction of sp³-hybridized carbons (Fsp3) is 0.467. The molecule has 5 nitrogen and oxygen atoms in total. The number of rotatable bonds is 2. The van der Waals surface area contributed by atoms with E-state index in [0.717, 1.165) is 18.7 Å². The molecule has 2 heterocycles. The number of aromatic nitrogens is 4. The molecule has 6 heteroatoms. The first-order valence-corrected chi connectivity index (χ1v) is 7.73. The van der Waals surface area contributed by atoms with E-state index in [-0.39, 0.29) is 5.95 Å². The molecule has 0 aliphatic heterocycles. The van der Waals surface area contributed by atoms with E-state index in [4.69, 9.17) is 17.3 Å². The highest BCUT2D eigenvalue weighted by Gasteiger charge is 2.19. The number of halogens is 1. The minimum Gasteiger partial charge on any atom is -0.368 e. The Hall–Kier alpha value is -1.75. The molecule has 2 aromatic rings. The molecule has 1 aliphatic carbocycles. The van der Waals surface area contributed by atoms with E-state index in [9.17, 15) is 0 Å². The maximum absolute atomic E-state index is 5.86. The Kier molecular flexibility index (Phi) is 4.29. The van der Waals surface area contributed by atoms with Gasteiger partial charge in [0.05, 0.1) is 5.02 Å². The van der Waals surface area contributed by atoms with Gasteiger partial charge in [0.1, 0.15) is 11.5 Å². The predicted molar refractivity (Wildman–Crippen MR) is 82.9 cm³/mol. The fourth-order valence-electron chi connectivity index (χ4n) is 2.75. The van der Waals surface area contributed by atoms with Crippen LogP contribution in [-0.2, 0) is 0 Å². The lowest BCUT2D eigenvalue weighted by atomic mass is 9.99. The van der Waals surface area contributed by atoms with Gasteiger partial charge in [-0.25, -0.2) is 4.98 Å². The van der Waals surface area contributed by atoms with Gasteiger partial charge in [0.2, 0.25) is 5.95 Å². The molecule has 0 radical (unpaired) electrons. The van der Waals surface area contributed by atoms with Crippen molar-refractivity contribution in [2.24, 2.45) is 0 Å². The van der Waals surface area contributed by atoms with Crippen LogP contribution in [0.15, 0.2) is 18.3 Å². The Balaban J connectivity index is 1.93. The van der Waals surface area contributed by atoms with Crippen LogP contribution in [0, 0.1) is 0 Å². The second kappa shape index (κ2) is 6.35. The zero-order chi connectivity index (χ0) is 14.7. The molecule has 2 N–H and O–H groups in total. The van der Waals surface area contributed by atoms with Crippen molar-refractivity contribution in [1.29, 1.82) is 0 Å². The number of nitrogens with zero attached hydrogens (tertiary/aromatic N) is 4. The number of pyridine rings is 1. The van der Waals surface area contributed by atoms with Crippen LogP contribution >= 0.6 is 11.6 Å². The summed E-state index contributed by atoms with van der Waals surface area (Å²) in [7, 11) is 0. The number of hydrogen-bond acceptors (Lipinski definition) is 5. The van der Waals surface area contributed by atoms with E-state index in [1.807, 2.05) is 0 Å². The van der Waals surface area contributed by atoms with Crippen molar-refractivity contribution in [2.45, 2.75) is 44.4 Å². The number of anilines is 1. The number of nitrogen functional groups attached to an aromatic ring is 1. The molecule has 3 rings (SSSR count). The lowest BCUT2D eigenvalue weighted by Crippen LogP contribution is -2.09. The SMILES string of the molecule is Nc1nc(-c2ccc(Cl)cn2)nc(C2CCCCCC2)n1. The van der Waals surface area contributed by atoms with Crippen molar-refractivity contribution in [3.63, 3.8) is 0 Å². The minimum atomic E-state index is 0.260. The van der Waals surface area contributed by atoms with Crippen molar-refractivity contribution < 1.29 is 0 Å². The van der Waals surface area contributed by atoms with Crippen LogP contribution in [0.25, 0.3) is 11.5 Å². The molecule has 0 atom stereocenters. The van der Waals surface area contributed by atoms with Crippen LogP contribution in [0.1, 0.15) is 50.3 Å². The maximum atomic E-state index is 5.86. The van der Waals surface area contributed by atoms with Crippen molar-refractivity contribution >= 4 is 17.5 Å². The summed E-state index contributed by atoms with van der Waals surface area (Å²) in [5.41, 5.74) is 6.53. The van der Waals surface area contributed by atoms with E-state index >= 15 is 0 Å². The normalized spacial score (nSPS) is 16.6. The average molecular weight is 304 g/mol. The summed E-state index contributed by atoms with van der Waals surface area (Å²) in [5.74, 6) is 1.97. The molecule has 0 aromatic carbocycles. The van der Waals surface area contributed by atoms with Gasteiger partial charge in [-0.1, -0.05) is 37.3 Å². The maximum Gasteiger partial charge on any atom is 0.223 e. The molecule has 0 spiro atoms. The molecule has 1 fully saturated rings. The Bertz CT molecular complexity index is 606. The van der Waals surface area contributed by atoms with Gasteiger partial charge in [0.15, 0.2) is 5.82 Å². The van der Waals surface area contributed by atoms with Crippen molar-refractivity contribution in [1.82, 2.24) is 19.9 Å². The monoisotopic (exact) mass is 303 g/mol. The van der Waals surface area contributed by atoms with E-state index in [0.29, 0.717) is 22.5 Å². The van der Waals surface area contributed by atoms with Crippen molar-refractivity contribution in [2.75, 3.05) is 5.73 Å². The summed E-state index contributed by atoms with van der Waals surface area (Å²) in [4.78, 5) is 17.4. The number of nitrogens with two attached hydrogens (primary N) is 1. The van der Waals surface area contributed by atoms with Crippen LogP contribution < -0.4 is 5.73 Å². The molecule has 1 aliphatic rings. The summed E-state index contributed by atoms with van der Waals surface area (Å²) < 4.78 is 0. The standard InChI is InChI=1S/C15H18ClN5/c16-11-7-8-12(18-9-11)14-19-13(20-15(17)21-14)10-5-3-1-2-4-6-10/h7-10H,1-6H2,(H2,17,19,20,21). The van der Waals surface area contributed by atoms with Crippen molar-refractivity contribution in [3.8, 4) is 11.5 Å². The van der Waals surface area contributed by atoms with Crippen LogP contribution in [0.2, 0.25) is 5.02 Å². The average Bonchev–Trinajstić information content (AvgIpc) is 2.76. The Labute approximate surface area is 129 Å². The molecule has 0 saturated heterocycles. The highest BCUT2D eigenvalue weighted by molar-refractivity contribution is 6.30. The highest BCUT2D eigenvalue weighted by Crippen LogP contribution is 2.30. The second-order valence-corrected chi connectivity index (χ2v) is 5.86. The molecule has 2 aromatic heterocycles. The van der Waals surface area contributed by atoms with Gasteiger partial charge in [-0.3, -0.25) is 4.98 Å². The Morgan fingerprint density at radius 1 is 1.00 bits per heavy atom. The topological polar surface area (TPSA) is 77.6 Å². The third-order valence-electron chi connectivity index (χ3n) is 3.85. The molecular weight excluding hydrogens is 286 g/mol. The summed E-state index contributed by atoms with van der Waals surface area (Å²) in [6.45, 7) is 0. The van der Waals surface area contributed by atoms with Gasteiger partial charge in [0, 0.05) is 12.1 Å². The molecule has 0 bridgehead atoms. The predicted octanol–water partition coefficient (Wildman–Crippen LogP) is 3.61. The van der Waals surface area contributed by atoms with Crippen LogP contribution in [0.3, 0.4) is 0 Å². The van der Waals surface area contributed by atoms with Gasteiger partial charge in [-0.2, -0.15) is 9.97 Å². The first-order valence-electron chi connectivity index (χ1n) is 7.36. The van der Waals surface area contributed by atoms with E-state index in [1.165, 1.54) is 25.7 Å². The molecular formula is C15H18ClN5. The molecule has 1 saturated carbocycles. The molecule has 0 amide bonds. The van der Waals surface area contributed by atoms with Gasteiger partial charge in [-0.05, 0) is 25.0 Å². The van der Waals surface area contributed by atoms with E-state index < -0.39 is 0 Å². The lowest BCUT2D eigenvalue weighted by Gasteiger charge is -2.13. The number of hydrogen-bond donors (Lipinski definition) is 1. The summed E-state index contributed by atoms with van der Waals surface area (Å²) in [5, 5.41) is 0.588. The van der Waals surface area contributed by atoms with Crippen LogP contribution in [0.5, 0.6) is 0 Å². The lowest BCUT2D eigenvalue weighted by molar-refractivity contribution is 0.559. The first kappa shape index (κ1) is 14.2. The van der Waals surface area contributed by atoms with Gasteiger partial charge in [-0.15, -0.1) is 0 Å². The van der Waals surface area contributed by atoms with Gasteiger partial charge < -0.3 is 5.73 Å². The molecule has 110 valence electrons. The van der Waals surface area contributed by atoms with Crippen LogP contribution in [-0.4, -0.2) is 19.9 Å². The third-order valence-corrected chi connectivity index (χ3v) is 4.07. The summed E-state index contributed by atoms with van der Waals surface area (Å²) in [6.07, 6.45) is 8.87.